The number of hydrogen-bond acceptors (Lipinski definition) is 4. The van der Waals surface area contributed by atoms with Crippen LogP contribution in [0.3, 0.4) is 0 Å². The van der Waals surface area contributed by atoms with E-state index in [0.717, 1.165) is 24.3 Å². The number of benzene rings is 1. The van der Waals surface area contributed by atoms with Gasteiger partial charge in [0.05, 0.1) is 5.02 Å². The summed E-state index contributed by atoms with van der Waals surface area (Å²) in [5.74, 6) is -0.690. The van der Waals surface area contributed by atoms with Crippen molar-refractivity contribution >= 4 is 29.4 Å². The second-order valence-corrected chi connectivity index (χ2v) is 7.21. The Kier molecular flexibility index (Phi) is 4.39. The van der Waals surface area contributed by atoms with Crippen molar-refractivity contribution < 1.29 is 18.8 Å². The van der Waals surface area contributed by atoms with Gasteiger partial charge >= 0.3 is 11.9 Å². The van der Waals surface area contributed by atoms with E-state index in [-0.39, 0.29) is 5.76 Å². The summed E-state index contributed by atoms with van der Waals surface area (Å²) in [4.78, 5) is 37.4. The Balaban J connectivity index is 1.51. The van der Waals surface area contributed by atoms with E-state index in [0.29, 0.717) is 29.2 Å². The minimum absolute atomic E-state index is 0.0184. The number of halogens is 1. The third-order valence-corrected chi connectivity index (χ3v) is 5.38. The maximum Gasteiger partial charge on any atom is 0.344 e. The summed E-state index contributed by atoms with van der Waals surface area (Å²) in [5, 5.41) is 3.99. The molecule has 1 saturated carbocycles. The zero-order valence-corrected chi connectivity index (χ0v) is 15.2. The first-order chi connectivity index (χ1) is 13.0. The Labute approximate surface area is 160 Å². The molecule has 140 valence electrons. The molecular formula is C19H18ClN3O4. The van der Waals surface area contributed by atoms with Crippen molar-refractivity contribution in [3.63, 3.8) is 0 Å². The van der Waals surface area contributed by atoms with Crippen LogP contribution in [0.2, 0.25) is 5.02 Å². The standard InChI is InChI=1S/C19H18ClN3O4/c20-13-7-3-2-6-12(13)14-8-9-15(27-14)16(24)22-23-17(25)19(21-18(23)26)10-4-1-5-11-19/h2-3,6-9H,1,4-5,10-11H2,(H,21,26)(H,22,24). The van der Waals surface area contributed by atoms with E-state index < -0.39 is 23.4 Å². The maximum absolute atomic E-state index is 12.7. The van der Waals surface area contributed by atoms with Crippen LogP contribution >= 0.6 is 11.6 Å². The van der Waals surface area contributed by atoms with Gasteiger partial charge in [0, 0.05) is 5.56 Å². The SMILES string of the molecule is O=C(NN1C(=O)NC2(CCCCC2)C1=O)c1ccc(-c2ccccc2Cl)o1. The summed E-state index contributed by atoms with van der Waals surface area (Å²) in [5.41, 5.74) is 2.10. The number of rotatable bonds is 3. The van der Waals surface area contributed by atoms with Crippen molar-refractivity contribution in [1.29, 1.82) is 0 Å². The molecule has 2 aliphatic rings. The van der Waals surface area contributed by atoms with E-state index in [1.807, 2.05) is 0 Å². The molecular weight excluding hydrogens is 370 g/mol. The smallest absolute Gasteiger partial charge is 0.344 e. The molecule has 1 aliphatic carbocycles. The van der Waals surface area contributed by atoms with Crippen molar-refractivity contribution in [2.24, 2.45) is 0 Å². The quantitative estimate of drug-likeness (QED) is 0.788. The van der Waals surface area contributed by atoms with Crippen LogP contribution in [0, 0.1) is 0 Å². The van der Waals surface area contributed by atoms with Gasteiger partial charge in [0.15, 0.2) is 5.76 Å². The van der Waals surface area contributed by atoms with Crippen LogP contribution in [0.4, 0.5) is 4.79 Å². The third-order valence-electron chi connectivity index (χ3n) is 5.05. The Morgan fingerprint density at radius 2 is 1.85 bits per heavy atom. The van der Waals surface area contributed by atoms with Gasteiger partial charge in [0.1, 0.15) is 11.3 Å². The van der Waals surface area contributed by atoms with Gasteiger partial charge in [-0.2, -0.15) is 5.01 Å². The first-order valence-electron chi connectivity index (χ1n) is 8.83. The summed E-state index contributed by atoms with van der Waals surface area (Å²) >= 11 is 6.14. The fourth-order valence-electron chi connectivity index (χ4n) is 3.64. The second-order valence-electron chi connectivity index (χ2n) is 6.80. The number of nitrogens with zero attached hydrogens (tertiary/aromatic N) is 1. The Morgan fingerprint density at radius 3 is 2.59 bits per heavy atom. The van der Waals surface area contributed by atoms with Gasteiger partial charge in [-0.05, 0) is 37.1 Å². The summed E-state index contributed by atoms with van der Waals surface area (Å²) in [6.45, 7) is 0. The Hall–Kier alpha value is -2.80. The van der Waals surface area contributed by atoms with Gasteiger partial charge in [0.2, 0.25) is 0 Å². The highest BCUT2D eigenvalue weighted by Gasteiger charge is 2.52. The number of imide groups is 1. The van der Waals surface area contributed by atoms with Crippen LogP contribution < -0.4 is 10.7 Å². The molecule has 27 heavy (non-hydrogen) atoms. The zero-order valence-electron chi connectivity index (χ0n) is 14.5. The molecule has 2 aromatic rings. The first kappa shape index (κ1) is 17.6. The highest BCUT2D eigenvalue weighted by Crippen LogP contribution is 2.33. The largest absolute Gasteiger partial charge is 0.451 e. The molecule has 1 aromatic carbocycles. The van der Waals surface area contributed by atoms with Gasteiger partial charge < -0.3 is 9.73 Å². The van der Waals surface area contributed by atoms with Crippen LogP contribution in [-0.4, -0.2) is 28.4 Å². The lowest BCUT2D eigenvalue weighted by molar-refractivity contribution is -0.134. The topological polar surface area (TPSA) is 91.7 Å². The van der Waals surface area contributed by atoms with Crippen molar-refractivity contribution in [1.82, 2.24) is 15.8 Å². The Morgan fingerprint density at radius 1 is 1.11 bits per heavy atom. The van der Waals surface area contributed by atoms with Gasteiger partial charge in [-0.15, -0.1) is 0 Å². The average Bonchev–Trinajstić information content (AvgIpc) is 3.23. The molecule has 0 unspecified atom stereocenters. The number of amides is 4. The number of hydrazine groups is 1. The number of hydrogen-bond donors (Lipinski definition) is 2. The van der Waals surface area contributed by atoms with Gasteiger partial charge in [-0.25, -0.2) is 10.2 Å². The molecule has 0 bridgehead atoms. The molecule has 7 nitrogen and oxygen atoms in total. The minimum atomic E-state index is -0.894. The second kappa shape index (κ2) is 6.74. The lowest BCUT2D eigenvalue weighted by atomic mass is 9.82. The molecule has 1 aliphatic heterocycles. The molecule has 1 saturated heterocycles. The van der Waals surface area contributed by atoms with Crippen LogP contribution in [0.15, 0.2) is 40.8 Å². The molecule has 2 N–H and O–H groups in total. The van der Waals surface area contributed by atoms with Gasteiger partial charge in [-0.1, -0.05) is 43.0 Å². The number of nitrogens with one attached hydrogen (secondary N) is 2. The summed E-state index contributed by atoms with van der Waals surface area (Å²) in [6, 6.07) is 9.56. The molecule has 0 radical (unpaired) electrons. The average molecular weight is 388 g/mol. The normalized spacial score (nSPS) is 18.6. The zero-order chi connectivity index (χ0) is 19.0. The van der Waals surface area contributed by atoms with Crippen molar-refractivity contribution in [2.45, 2.75) is 37.6 Å². The molecule has 0 atom stereocenters. The number of furan rings is 1. The molecule has 4 rings (SSSR count). The predicted octanol–water partition coefficient (Wildman–Crippen LogP) is 3.50. The lowest BCUT2D eigenvalue weighted by Gasteiger charge is -2.30. The molecule has 8 heteroatoms. The van der Waals surface area contributed by atoms with Gasteiger partial charge in [-0.3, -0.25) is 9.59 Å². The molecule has 1 spiro atoms. The fraction of sp³-hybridized carbons (Fsp3) is 0.316. The van der Waals surface area contributed by atoms with E-state index >= 15 is 0 Å². The van der Waals surface area contributed by atoms with Gasteiger partial charge in [0.25, 0.3) is 5.91 Å². The summed E-state index contributed by atoms with van der Waals surface area (Å²) < 4.78 is 5.56. The van der Waals surface area contributed by atoms with E-state index in [4.69, 9.17) is 16.0 Å². The van der Waals surface area contributed by atoms with Crippen molar-refractivity contribution in [2.75, 3.05) is 0 Å². The van der Waals surface area contributed by atoms with E-state index in [1.165, 1.54) is 6.07 Å². The number of carbonyl (C=O) groups excluding carboxylic acids is 3. The fourth-order valence-corrected chi connectivity index (χ4v) is 3.87. The van der Waals surface area contributed by atoms with Crippen LogP contribution in [-0.2, 0) is 4.79 Å². The van der Waals surface area contributed by atoms with Crippen LogP contribution in [0.1, 0.15) is 42.7 Å². The van der Waals surface area contributed by atoms with E-state index in [2.05, 4.69) is 10.7 Å². The van der Waals surface area contributed by atoms with E-state index in [1.54, 1.807) is 30.3 Å². The van der Waals surface area contributed by atoms with Crippen molar-refractivity contribution in [3.05, 3.63) is 47.2 Å². The first-order valence-corrected chi connectivity index (χ1v) is 9.20. The maximum atomic E-state index is 12.7. The summed E-state index contributed by atoms with van der Waals surface area (Å²) in [6.07, 6.45) is 3.94. The predicted molar refractivity (Wildman–Crippen MR) is 97.8 cm³/mol. The molecule has 4 amide bonds. The molecule has 2 fully saturated rings. The number of urea groups is 1. The monoisotopic (exact) mass is 387 g/mol. The highest BCUT2D eigenvalue weighted by atomic mass is 35.5. The molecule has 1 aromatic heterocycles. The van der Waals surface area contributed by atoms with E-state index in [9.17, 15) is 14.4 Å². The highest BCUT2D eigenvalue weighted by molar-refractivity contribution is 6.33. The number of carbonyl (C=O) groups is 3. The summed E-state index contributed by atoms with van der Waals surface area (Å²) in [7, 11) is 0. The van der Waals surface area contributed by atoms with Crippen molar-refractivity contribution in [3.8, 4) is 11.3 Å². The molecule has 2 heterocycles. The minimum Gasteiger partial charge on any atom is -0.451 e. The van der Waals surface area contributed by atoms with Crippen LogP contribution in [0.5, 0.6) is 0 Å². The third kappa shape index (κ3) is 3.08. The lowest BCUT2D eigenvalue weighted by Crippen LogP contribution is -2.50. The van der Waals surface area contributed by atoms with Crippen LogP contribution in [0.25, 0.3) is 11.3 Å². The Bertz CT molecular complexity index is 917.